The highest BCUT2D eigenvalue weighted by molar-refractivity contribution is 5.74. The van der Waals surface area contributed by atoms with E-state index in [1.807, 2.05) is 24.0 Å². The Kier molecular flexibility index (Phi) is 5.41. The lowest BCUT2D eigenvalue weighted by Gasteiger charge is -2.39. The molecule has 24 heavy (non-hydrogen) atoms. The molecule has 132 valence electrons. The molecule has 2 aliphatic heterocycles. The van der Waals surface area contributed by atoms with Gasteiger partial charge in [-0.25, -0.2) is 4.79 Å². The van der Waals surface area contributed by atoms with Crippen molar-refractivity contribution in [3.05, 3.63) is 35.4 Å². The van der Waals surface area contributed by atoms with Gasteiger partial charge in [0.05, 0.1) is 13.2 Å². The molecule has 1 N–H and O–H groups in total. The topological polar surface area (TPSA) is 50.8 Å². The molecule has 1 aromatic carbocycles. The number of nitrogens with one attached hydrogen (secondary N) is 1. The lowest BCUT2D eigenvalue weighted by atomic mass is 9.90. The minimum atomic E-state index is -0.528. The fourth-order valence-corrected chi connectivity index (χ4v) is 3.66. The van der Waals surface area contributed by atoms with Gasteiger partial charge in [-0.3, -0.25) is 0 Å². The van der Waals surface area contributed by atoms with Crippen molar-refractivity contribution < 1.29 is 14.3 Å². The second-order valence-electron chi connectivity index (χ2n) is 6.91. The maximum absolute atomic E-state index is 12.5. The number of urea groups is 1. The quantitative estimate of drug-likeness (QED) is 0.922. The van der Waals surface area contributed by atoms with Crippen molar-refractivity contribution >= 4 is 6.03 Å². The Morgan fingerprint density at radius 1 is 1.33 bits per heavy atom. The number of piperidine rings is 1. The molecule has 0 aromatic heterocycles. The molecule has 3 rings (SSSR count). The van der Waals surface area contributed by atoms with E-state index in [0.717, 1.165) is 25.8 Å². The Morgan fingerprint density at radius 3 is 2.83 bits per heavy atom. The molecule has 0 spiro atoms. The van der Waals surface area contributed by atoms with Gasteiger partial charge >= 0.3 is 6.03 Å². The van der Waals surface area contributed by atoms with Crippen LogP contribution in [0.1, 0.15) is 30.9 Å². The number of carbonyl (C=O) groups is 1. The highest BCUT2D eigenvalue weighted by Crippen LogP contribution is 2.34. The van der Waals surface area contributed by atoms with Crippen LogP contribution in [0.2, 0.25) is 0 Å². The summed E-state index contributed by atoms with van der Waals surface area (Å²) < 4.78 is 11.6. The van der Waals surface area contributed by atoms with Crippen molar-refractivity contribution in [3.63, 3.8) is 0 Å². The number of benzene rings is 1. The zero-order chi connectivity index (χ0) is 17.0. The van der Waals surface area contributed by atoms with Crippen LogP contribution in [-0.2, 0) is 15.9 Å². The van der Waals surface area contributed by atoms with Crippen LogP contribution in [0.15, 0.2) is 24.3 Å². The third-order valence-electron chi connectivity index (χ3n) is 5.24. The standard InChI is InChI=1S/C19H28N2O3/c1-15-6-3-4-7-16(15)9-10-20-18(22)21-11-5-8-17(14-21)19(2)23-12-13-24-19/h3-4,6-7,17H,5,8-14H2,1-2H3,(H,20,22)/t17-/m1/s1. The molecule has 0 bridgehead atoms. The number of hydrogen-bond donors (Lipinski definition) is 1. The monoisotopic (exact) mass is 332 g/mol. The second kappa shape index (κ2) is 7.53. The number of aryl methyl sites for hydroxylation is 1. The van der Waals surface area contributed by atoms with E-state index in [1.54, 1.807) is 0 Å². The molecule has 2 fully saturated rings. The maximum Gasteiger partial charge on any atom is 0.317 e. The molecule has 5 nitrogen and oxygen atoms in total. The van der Waals surface area contributed by atoms with Gasteiger partial charge < -0.3 is 19.7 Å². The van der Waals surface area contributed by atoms with Crippen LogP contribution < -0.4 is 5.32 Å². The number of amides is 2. The fourth-order valence-electron chi connectivity index (χ4n) is 3.66. The summed E-state index contributed by atoms with van der Waals surface area (Å²) in [7, 11) is 0. The van der Waals surface area contributed by atoms with Gasteiger partial charge in [0.1, 0.15) is 0 Å². The van der Waals surface area contributed by atoms with Crippen molar-refractivity contribution in [1.82, 2.24) is 10.2 Å². The van der Waals surface area contributed by atoms with Crippen molar-refractivity contribution in [2.75, 3.05) is 32.8 Å². The van der Waals surface area contributed by atoms with Gasteiger partial charge in [-0.1, -0.05) is 24.3 Å². The lowest BCUT2D eigenvalue weighted by Crippen LogP contribution is -2.51. The van der Waals surface area contributed by atoms with E-state index in [-0.39, 0.29) is 11.9 Å². The Bertz CT molecular complexity index is 569. The summed E-state index contributed by atoms with van der Waals surface area (Å²) in [6.07, 6.45) is 2.90. The first kappa shape index (κ1) is 17.2. The van der Waals surface area contributed by atoms with Gasteiger partial charge in [0.15, 0.2) is 5.79 Å². The number of carbonyl (C=O) groups excluding carboxylic acids is 1. The van der Waals surface area contributed by atoms with Crippen molar-refractivity contribution in [3.8, 4) is 0 Å². The van der Waals surface area contributed by atoms with Gasteiger partial charge in [0.2, 0.25) is 0 Å². The summed E-state index contributed by atoms with van der Waals surface area (Å²) in [6.45, 7) is 7.58. The molecule has 1 atom stereocenters. The van der Waals surface area contributed by atoms with E-state index in [4.69, 9.17) is 9.47 Å². The molecule has 2 amide bonds. The van der Waals surface area contributed by atoms with Gasteiger partial charge in [-0.2, -0.15) is 0 Å². The van der Waals surface area contributed by atoms with Crippen LogP contribution in [0.3, 0.4) is 0 Å². The van der Waals surface area contributed by atoms with E-state index in [2.05, 4.69) is 24.4 Å². The third-order valence-corrected chi connectivity index (χ3v) is 5.24. The first-order valence-corrected chi connectivity index (χ1v) is 8.94. The molecule has 0 aliphatic carbocycles. The zero-order valence-electron chi connectivity index (χ0n) is 14.7. The average Bonchev–Trinajstić information content (AvgIpc) is 3.05. The van der Waals surface area contributed by atoms with E-state index in [0.29, 0.717) is 26.3 Å². The Labute approximate surface area is 144 Å². The molecule has 2 saturated heterocycles. The van der Waals surface area contributed by atoms with Crippen molar-refractivity contribution in [2.24, 2.45) is 5.92 Å². The number of hydrogen-bond acceptors (Lipinski definition) is 3. The summed E-state index contributed by atoms with van der Waals surface area (Å²) in [5.74, 6) is -0.282. The van der Waals surface area contributed by atoms with Gasteiger partial charge in [-0.05, 0) is 44.2 Å². The smallest absolute Gasteiger partial charge is 0.317 e. The SMILES string of the molecule is Cc1ccccc1CCNC(=O)N1CCC[C@@H](C2(C)OCCO2)C1. The largest absolute Gasteiger partial charge is 0.347 e. The highest BCUT2D eigenvalue weighted by atomic mass is 16.7. The third kappa shape index (κ3) is 3.90. The van der Waals surface area contributed by atoms with Crippen LogP contribution >= 0.6 is 0 Å². The molecule has 5 heteroatoms. The number of nitrogens with zero attached hydrogens (tertiary/aromatic N) is 1. The van der Waals surface area contributed by atoms with Gasteiger partial charge in [-0.15, -0.1) is 0 Å². The summed E-state index contributed by atoms with van der Waals surface area (Å²) in [4.78, 5) is 14.4. The number of likely N-dealkylation sites (tertiary alicyclic amines) is 1. The first-order valence-electron chi connectivity index (χ1n) is 8.94. The lowest BCUT2D eigenvalue weighted by molar-refractivity contribution is -0.189. The predicted molar refractivity (Wildman–Crippen MR) is 92.9 cm³/mol. The molecule has 0 saturated carbocycles. The molecule has 0 radical (unpaired) electrons. The summed E-state index contributed by atoms with van der Waals surface area (Å²) in [5.41, 5.74) is 2.56. The molecular weight excluding hydrogens is 304 g/mol. The normalized spacial score (nSPS) is 23.2. The molecule has 0 unspecified atom stereocenters. The van der Waals surface area contributed by atoms with E-state index < -0.39 is 5.79 Å². The van der Waals surface area contributed by atoms with Crippen molar-refractivity contribution in [1.29, 1.82) is 0 Å². The van der Waals surface area contributed by atoms with Crippen LogP contribution in [0.5, 0.6) is 0 Å². The molecular formula is C19H28N2O3. The van der Waals surface area contributed by atoms with Gasteiger partial charge in [0, 0.05) is 25.6 Å². The predicted octanol–water partition coefficient (Wildman–Crippen LogP) is 2.72. The Morgan fingerprint density at radius 2 is 2.08 bits per heavy atom. The Hall–Kier alpha value is -1.59. The van der Waals surface area contributed by atoms with Crippen LogP contribution in [0.25, 0.3) is 0 Å². The average molecular weight is 332 g/mol. The summed E-state index contributed by atoms with van der Waals surface area (Å²) in [5, 5.41) is 3.06. The van der Waals surface area contributed by atoms with Crippen molar-refractivity contribution in [2.45, 2.75) is 38.9 Å². The molecule has 2 heterocycles. The Balaban J connectivity index is 1.49. The van der Waals surface area contributed by atoms with Crippen LogP contribution in [0.4, 0.5) is 4.79 Å². The number of ether oxygens (including phenoxy) is 2. The highest BCUT2D eigenvalue weighted by Gasteiger charge is 2.42. The van der Waals surface area contributed by atoms with E-state index in [1.165, 1.54) is 11.1 Å². The maximum atomic E-state index is 12.5. The van der Waals surface area contributed by atoms with Crippen LogP contribution in [0, 0.1) is 12.8 Å². The fraction of sp³-hybridized carbons (Fsp3) is 0.632. The number of rotatable bonds is 4. The molecule has 1 aromatic rings. The zero-order valence-corrected chi connectivity index (χ0v) is 14.7. The molecule has 2 aliphatic rings. The minimum absolute atomic E-state index is 0.0230. The van der Waals surface area contributed by atoms with E-state index in [9.17, 15) is 4.79 Å². The van der Waals surface area contributed by atoms with Gasteiger partial charge in [0.25, 0.3) is 0 Å². The summed E-state index contributed by atoms with van der Waals surface area (Å²) in [6, 6.07) is 8.33. The summed E-state index contributed by atoms with van der Waals surface area (Å²) >= 11 is 0. The first-order chi connectivity index (χ1) is 11.6. The minimum Gasteiger partial charge on any atom is -0.347 e. The van der Waals surface area contributed by atoms with Crippen LogP contribution in [-0.4, -0.2) is 49.6 Å². The second-order valence-corrected chi connectivity index (χ2v) is 6.91. The van der Waals surface area contributed by atoms with E-state index >= 15 is 0 Å².